The first-order valence-electron chi connectivity index (χ1n) is 9.32. The molecule has 8 heteroatoms. The van der Waals surface area contributed by atoms with Crippen LogP contribution < -0.4 is 10.0 Å². The summed E-state index contributed by atoms with van der Waals surface area (Å²) in [5.41, 5.74) is 2.74. The number of anilines is 1. The van der Waals surface area contributed by atoms with E-state index in [0.29, 0.717) is 29.1 Å². The van der Waals surface area contributed by atoms with Gasteiger partial charge >= 0.3 is 0 Å². The number of oxazole rings is 1. The second-order valence-corrected chi connectivity index (χ2v) is 9.74. The number of carbonyl (C=O) groups excluding carboxylic acids is 1. The van der Waals surface area contributed by atoms with Crippen molar-refractivity contribution < 1.29 is 17.6 Å². The van der Waals surface area contributed by atoms with Crippen molar-refractivity contribution in [2.24, 2.45) is 0 Å². The Kier molecular flexibility index (Phi) is 5.77. The highest BCUT2D eigenvalue weighted by Gasteiger charge is 2.21. The van der Waals surface area contributed by atoms with Gasteiger partial charge in [0.05, 0.1) is 4.90 Å². The van der Waals surface area contributed by atoms with Crippen LogP contribution >= 0.6 is 0 Å². The van der Waals surface area contributed by atoms with Crippen LogP contribution in [0.5, 0.6) is 0 Å². The largest absolute Gasteiger partial charge is 0.440 e. The third-order valence-electron chi connectivity index (χ3n) is 4.46. The number of sulfonamides is 1. The van der Waals surface area contributed by atoms with E-state index in [2.05, 4.69) is 15.0 Å². The van der Waals surface area contributed by atoms with Gasteiger partial charge in [-0.2, -0.15) is 0 Å². The van der Waals surface area contributed by atoms with Crippen molar-refractivity contribution in [1.29, 1.82) is 0 Å². The summed E-state index contributed by atoms with van der Waals surface area (Å²) < 4.78 is 31.5. The van der Waals surface area contributed by atoms with Crippen LogP contribution in [0.25, 0.3) is 11.1 Å². The number of nitrogens with one attached hydrogen (secondary N) is 2. The molecule has 2 aromatic carbocycles. The number of aromatic nitrogens is 1. The lowest BCUT2D eigenvalue weighted by atomic mass is 9.97. The van der Waals surface area contributed by atoms with Gasteiger partial charge in [-0.05, 0) is 49.4 Å². The lowest BCUT2D eigenvalue weighted by Crippen LogP contribution is -2.18. The average molecular weight is 416 g/mol. The molecule has 0 bridgehead atoms. The number of nitrogens with zero attached hydrogens (tertiary/aromatic N) is 1. The second-order valence-electron chi connectivity index (χ2n) is 7.85. The predicted molar refractivity (Wildman–Crippen MR) is 112 cm³/mol. The van der Waals surface area contributed by atoms with Crippen molar-refractivity contribution in [3.05, 3.63) is 53.9 Å². The Labute approximate surface area is 170 Å². The van der Waals surface area contributed by atoms with Gasteiger partial charge in [-0.15, -0.1) is 0 Å². The van der Waals surface area contributed by atoms with Gasteiger partial charge in [0.2, 0.25) is 21.8 Å². The lowest BCUT2D eigenvalue weighted by Gasteiger charge is -2.11. The molecular weight excluding hydrogens is 390 g/mol. The van der Waals surface area contributed by atoms with Gasteiger partial charge in [0.1, 0.15) is 5.52 Å². The summed E-state index contributed by atoms with van der Waals surface area (Å²) in [5, 5.41) is 2.87. The molecule has 0 radical (unpaired) electrons. The monoisotopic (exact) mass is 415 g/mol. The van der Waals surface area contributed by atoms with E-state index in [4.69, 9.17) is 4.42 Å². The molecule has 2 N–H and O–H groups in total. The molecule has 0 unspecified atom stereocenters. The fraction of sp³-hybridized carbons (Fsp3) is 0.333. The molecule has 3 aromatic rings. The van der Waals surface area contributed by atoms with E-state index in [0.717, 1.165) is 5.56 Å². The zero-order valence-electron chi connectivity index (χ0n) is 16.9. The van der Waals surface area contributed by atoms with Crippen LogP contribution in [0.3, 0.4) is 0 Å². The zero-order valence-corrected chi connectivity index (χ0v) is 17.8. The SMILES string of the molecule is CNS(=O)(=O)c1ccc(CCC(=O)Nc2ccc3oc(C(C)(C)C)nc3c2)cc1. The first-order chi connectivity index (χ1) is 13.6. The van der Waals surface area contributed by atoms with Gasteiger partial charge in [-0.25, -0.2) is 18.1 Å². The fourth-order valence-corrected chi connectivity index (χ4v) is 3.49. The van der Waals surface area contributed by atoms with E-state index in [1.54, 1.807) is 30.3 Å². The molecule has 0 saturated heterocycles. The van der Waals surface area contributed by atoms with Crippen molar-refractivity contribution in [3.63, 3.8) is 0 Å². The smallest absolute Gasteiger partial charge is 0.240 e. The molecule has 0 atom stereocenters. The van der Waals surface area contributed by atoms with Crippen molar-refractivity contribution in [1.82, 2.24) is 9.71 Å². The van der Waals surface area contributed by atoms with Crippen molar-refractivity contribution in [2.45, 2.75) is 43.9 Å². The topological polar surface area (TPSA) is 101 Å². The maximum absolute atomic E-state index is 12.3. The van der Waals surface area contributed by atoms with E-state index >= 15 is 0 Å². The fourth-order valence-electron chi connectivity index (χ4n) is 2.76. The van der Waals surface area contributed by atoms with Crippen molar-refractivity contribution in [3.8, 4) is 0 Å². The molecule has 3 rings (SSSR count). The Hall–Kier alpha value is -2.71. The number of benzene rings is 2. The molecule has 1 heterocycles. The number of fused-ring (bicyclic) bond motifs is 1. The third kappa shape index (κ3) is 5.02. The van der Waals surface area contributed by atoms with E-state index in [1.165, 1.54) is 19.2 Å². The van der Waals surface area contributed by atoms with E-state index in [9.17, 15) is 13.2 Å². The molecule has 0 spiro atoms. The summed E-state index contributed by atoms with van der Waals surface area (Å²) >= 11 is 0. The molecule has 0 aliphatic rings. The lowest BCUT2D eigenvalue weighted by molar-refractivity contribution is -0.116. The molecule has 154 valence electrons. The van der Waals surface area contributed by atoms with Crippen molar-refractivity contribution in [2.75, 3.05) is 12.4 Å². The minimum absolute atomic E-state index is 0.129. The van der Waals surface area contributed by atoms with Gasteiger partial charge in [0.15, 0.2) is 5.58 Å². The summed E-state index contributed by atoms with van der Waals surface area (Å²) in [6.07, 6.45) is 0.786. The Balaban J connectivity index is 1.62. The normalized spacial score (nSPS) is 12.3. The van der Waals surface area contributed by atoms with Gasteiger partial charge in [0.25, 0.3) is 0 Å². The van der Waals surface area contributed by atoms with Gasteiger partial charge in [0, 0.05) is 17.5 Å². The molecule has 29 heavy (non-hydrogen) atoms. The summed E-state index contributed by atoms with van der Waals surface area (Å²) in [5.74, 6) is 0.524. The van der Waals surface area contributed by atoms with Crippen LogP contribution in [0.2, 0.25) is 0 Å². The van der Waals surface area contributed by atoms with Gasteiger partial charge in [-0.1, -0.05) is 32.9 Å². The molecule has 7 nitrogen and oxygen atoms in total. The third-order valence-corrected chi connectivity index (χ3v) is 5.89. The molecular formula is C21H25N3O4S. The first kappa shape index (κ1) is 21.0. The molecule has 1 amide bonds. The quantitative estimate of drug-likeness (QED) is 0.640. The summed E-state index contributed by atoms with van der Waals surface area (Å²) in [6.45, 7) is 6.09. The highest BCUT2D eigenvalue weighted by atomic mass is 32.2. The number of rotatable bonds is 6. The Morgan fingerprint density at radius 2 is 1.79 bits per heavy atom. The van der Waals surface area contributed by atoms with Gasteiger partial charge in [-0.3, -0.25) is 4.79 Å². The molecule has 0 aliphatic carbocycles. The van der Waals surface area contributed by atoms with Crippen molar-refractivity contribution >= 4 is 32.7 Å². The van der Waals surface area contributed by atoms with Gasteiger partial charge < -0.3 is 9.73 Å². The molecule has 0 saturated carbocycles. The Morgan fingerprint density at radius 1 is 1.10 bits per heavy atom. The molecule has 0 fully saturated rings. The van der Waals surface area contributed by atoms with Crippen LogP contribution in [0.15, 0.2) is 51.8 Å². The minimum Gasteiger partial charge on any atom is -0.440 e. The Bertz CT molecular complexity index is 1130. The second kappa shape index (κ2) is 7.96. The van der Waals surface area contributed by atoms with E-state index < -0.39 is 10.0 Å². The van der Waals surface area contributed by atoms with E-state index in [1.807, 2.05) is 20.8 Å². The number of carbonyl (C=O) groups is 1. The van der Waals surface area contributed by atoms with Crippen LogP contribution in [0, 0.1) is 0 Å². The average Bonchev–Trinajstić information content (AvgIpc) is 3.10. The van der Waals surface area contributed by atoms with Crippen LogP contribution in [0.1, 0.15) is 38.6 Å². The summed E-state index contributed by atoms with van der Waals surface area (Å²) in [4.78, 5) is 17.0. The number of aryl methyl sites for hydroxylation is 1. The number of hydrogen-bond donors (Lipinski definition) is 2. The standard InChI is InChI=1S/C21H25N3O4S/c1-21(2,3)20-24-17-13-15(8-11-18(17)28-20)23-19(25)12-7-14-5-9-16(10-6-14)29(26,27)22-4/h5-6,8-11,13,22H,7,12H2,1-4H3,(H,23,25). The maximum atomic E-state index is 12.3. The highest BCUT2D eigenvalue weighted by Crippen LogP contribution is 2.27. The predicted octanol–water partition coefficient (Wildman–Crippen LogP) is 3.60. The number of hydrogen-bond acceptors (Lipinski definition) is 5. The Morgan fingerprint density at radius 3 is 2.41 bits per heavy atom. The van der Waals surface area contributed by atoms with E-state index in [-0.39, 0.29) is 22.6 Å². The molecule has 1 aromatic heterocycles. The number of amides is 1. The highest BCUT2D eigenvalue weighted by molar-refractivity contribution is 7.89. The maximum Gasteiger partial charge on any atom is 0.240 e. The van der Waals surface area contributed by atoms with Crippen LogP contribution in [-0.4, -0.2) is 26.4 Å². The minimum atomic E-state index is -3.46. The van der Waals surface area contributed by atoms with Crippen LogP contribution in [0.4, 0.5) is 5.69 Å². The van der Waals surface area contributed by atoms with Crippen LogP contribution in [-0.2, 0) is 26.7 Å². The first-order valence-corrected chi connectivity index (χ1v) is 10.8. The summed E-state index contributed by atoms with van der Waals surface area (Å²) in [7, 11) is -2.09. The summed E-state index contributed by atoms with van der Waals surface area (Å²) in [6, 6.07) is 11.9. The zero-order chi connectivity index (χ0) is 21.2. The molecule has 0 aliphatic heterocycles.